The van der Waals surface area contributed by atoms with Gasteiger partial charge in [0.1, 0.15) is 5.78 Å². The summed E-state index contributed by atoms with van der Waals surface area (Å²) < 4.78 is 19.3. The summed E-state index contributed by atoms with van der Waals surface area (Å²) in [7, 11) is 4.48. The van der Waals surface area contributed by atoms with Crippen LogP contribution < -0.4 is 0 Å². The largest absolute Gasteiger partial charge is 0.469 e. The second-order valence-corrected chi connectivity index (χ2v) is 7.94. The van der Waals surface area contributed by atoms with Crippen molar-refractivity contribution < 1.29 is 33.3 Å². The van der Waals surface area contributed by atoms with Crippen LogP contribution in [0.3, 0.4) is 0 Å². The fraction of sp³-hybridized carbons (Fsp3) is 0.875. The van der Waals surface area contributed by atoms with Crippen molar-refractivity contribution in [3.63, 3.8) is 0 Å². The number of Topliss-reactive ketones (excluding diaryl/α,β-unsaturated/α-hetero) is 1. The molecule has 0 aromatic heterocycles. The van der Waals surface area contributed by atoms with Crippen LogP contribution in [0.25, 0.3) is 0 Å². The zero-order valence-electron chi connectivity index (χ0n) is 20.7. The zero-order valence-corrected chi connectivity index (χ0v) is 20.7. The van der Waals surface area contributed by atoms with Gasteiger partial charge in [-0.3, -0.25) is 14.4 Å². The van der Waals surface area contributed by atoms with E-state index in [2.05, 4.69) is 23.3 Å². The van der Waals surface area contributed by atoms with Crippen molar-refractivity contribution in [2.24, 2.45) is 11.8 Å². The minimum absolute atomic E-state index is 0.0940. The Kier molecular flexibility index (Phi) is 23.7. The van der Waals surface area contributed by atoms with Crippen LogP contribution in [0.4, 0.5) is 0 Å². The average Bonchev–Trinajstić information content (AvgIpc) is 3.58. The van der Waals surface area contributed by atoms with Gasteiger partial charge >= 0.3 is 11.9 Å². The molecule has 7 heteroatoms. The van der Waals surface area contributed by atoms with Crippen molar-refractivity contribution in [2.75, 3.05) is 41.2 Å². The lowest BCUT2D eigenvalue weighted by Gasteiger charge is -2.09. The molecule has 0 amide bonds. The molecule has 1 rings (SSSR count). The summed E-state index contributed by atoms with van der Waals surface area (Å²) in [5.74, 6) is 1.15. The molecule has 1 aliphatic carbocycles. The number of hydrogen-bond donors (Lipinski definition) is 0. The van der Waals surface area contributed by atoms with Crippen molar-refractivity contribution in [2.45, 2.75) is 85.0 Å². The molecular weight excluding hydrogens is 400 g/mol. The van der Waals surface area contributed by atoms with Gasteiger partial charge in [-0.05, 0) is 31.6 Å². The van der Waals surface area contributed by atoms with Gasteiger partial charge in [-0.15, -0.1) is 0 Å². The first-order valence-electron chi connectivity index (χ1n) is 11.6. The van der Waals surface area contributed by atoms with Crippen LogP contribution in [-0.2, 0) is 33.3 Å². The third kappa shape index (κ3) is 26.5. The molecule has 0 aromatic carbocycles. The molecule has 0 spiro atoms. The monoisotopic (exact) mass is 446 g/mol. The van der Waals surface area contributed by atoms with Crippen molar-refractivity contribution in [3.05, 3.63) is 0 Å². The van der Waals surface area contributed by atoms with E-state index in [1.165, 1.54) is 27.1 Å². The van der Waals surface area contributed by atoms with Crippen molar-refractivity contribution >= 4 is 17.7 Å². The zero-order chi connectivity index (χ0) is 23.9. The first-order valence-corrected chi connectivity index (χ1v) is 11.6. The van der Waals surface area contributed by atoms with E-state index in [-0.39, 0.29) is 24.1 Å². The first-order chi connectivity index (χ1) is 14.8. The highest BCUT2D eigenvalue weighted by Gasteiger charge is 2.21. The van der Waals surface area contributed by atoms with Crippen LogP contribution in [0.2, 0.25) is 0 Å². The third-order valence-electron chi connectivity index (χ3n) is 4.48. The number of unbranched alkanes of at least 4 members (excludes halogenated alkanes) is 2. The minimum Gasteiger partial charge on any atom is -0.469 e. The summed E-state index contributed by atoms with van der Waals surface area (Å²) in [6, 6.07) is 0. The van der Waals surface area contributed by atoms with Crippen molar-refractivity contribution in [1.29, 1.82) is 0 Å². The van der Waals surface area contributed by atoms with Crippen LogP contribution >= 0.6 is 0 Å². The van der Waals surface area contributed by atoms with Crippen molar-refractivity contribution in [3.8, 4) is 0 Å². The van der Waals surface area contributed by atoms with E-state index >= 15 is 0 Å². The third-order valence-corrected chi connectivity index (χ3v) is 4.48. The van der Waals surface area contributed by atoms with Gasteiger partial charge in [-0.1, -0.05) is 33.6 Å². The van der Waals surface area contributed by atoms with Crippen molar-refractivity contribution in [1.82, 2.24) is 0 Å². The molecule has 0 heterocycles. The summed E-state index contributed by atoms with van der Waals surface area (Å²) in [5, 5.41) is 0. The summed E-state index contributed by atoms with van der Waals surface area (Å²) in [5.41, 5.74) is 0. The lowest BCUT2D eigenvalue weighted by atomic mass is 10.1. The van der Waals surface area contributed by atoms with Crippen LogP contribution in [0.15, 0.2) is 0 Å². The molecule has 0 aromatic rings. The molecule has 0 N–H and O–H groups in total. The predicted molar refractivity (Wildman–Crippen MR) is 122 cm³/mol. The number of ketones is 1. The average molecular weight is 447 g/mol. The Labute approximate surface area is 189 Å². The Balaban J connectivity index is 0. The summed E-state index contributed by atoms with van der Waals surface area (Å²) in [6.07, 6.45) is 8.50. The fourth-order valence-electron chi connectivity index (χ4n) is 2.42. The molecule has 0 bridgehead atoms. The van der Waals surface area contributed by atoms with Crippen LogP contribution in [-0.4, -0.2) is 58.9 Å². The second kappa shape index (κ2) is 23.2. The number of carbonyl (C=O) groups excluding carboxylic acids is 3. The molecule has 1 unspecified atom stereocenters. The maximum absolute atomic E-state index is 10.9. The summed E-state index contributed by atoms with van der Waals surface area (Å²) >= 11 is 0. The molecule has 1 saturated carbocycles. The Hall–Kier alpha value is -1.47. The van der Waals surface area contributed by atoms with E-state index in [1.54, 1.807) is 7.11 Å². The maximum atomic E-state index is 10.9. The van der Waals surface area contributed by atoms with Crippen LogP contribution in [0.5, 0.6) is 0 Å². The van der Waals surface area contributed by atoms with Gasteiger partial charge < -0.3 is 18.9 Å². The van der Waals surface area contributed by atoms with E-state index in [9.17, 15) is 14.4 Å². The number of hydrogen-bond acceptors (Lipinski definition) is 7. The molecule has 1 aliphatic rings. The highest BCUT2D eigenvalue weighted by molar-refractivity contribution is 5.82. The lowest BCUT2D eigenvalue weighted by molar-refractivity contribution is -0.142. The van der Waals surface area contributed by atoms with E-state index < -0.39 is 0 Å². The molecule has 0 radical (unpaired) electrons. The number of esters is 2. The second-order valence-electron chi connectivity index (χ2n) is 7.94. The molecule has 7 nitrogen and oxygen atoms in total. The number of carbonyl (C=O) groups is 3. The van der Waals surface area contributed by atoms with Gasteiger partial charge in [-0.25, -0.2) is 0 Å². The molecule has 0 saturated heterocycles. The Morgan fingerprint density at radius 3 is 1.90 bits per heavy atom. The number of ether oxygens (including phenoxy) is 4. The van der Waals surface area contributed by atoms with Gasteiger partial charge in [0.05, 0.1) is 33.9 Å². The molecular formula is C24H46O7. The highest BCUT2D eigenvalue weighted by Crippen LogP contribution is 2.28. The predicted octanol–water partition coefficient (Wildman–Crippen LogP) is 4.74. The fourth-order valence-corrected chi connectivity index (χ4v) is 2.42. The van der Waals surface area contributed by atoms with Crippen LogP contribution in [0, 0.1) is 11.8 Å². The Bertz CT molecular complexity index is 447. The summed E-state index contributed by atoms with van der Waals surface area (Å²) in [6.45, 7) is 8.83. The van der Waals surface area contributed by atoms with Crippen LogP contribution in [0.1, 0.15) is 85.0 Å². The van der Waals surface area contributed by atoms with E-state index in [0.29, 0.717) is 25.2 Å². The van der Waals surface area contributed by atoms with Gasteiger partial charge in [0.2, 0.25) is 0 Å². The number of methoxy groups -OCH3 is 3. The molecule has 1 fully saturated rings. The van der Waals surface area contributed by atoms with E-state index in [0.717, 1.165) is 51.4 Å². The normalized spacial score (nSPS) is 13.1. The van der Waals surface area contributed by atoms with Gasteiger partial charge in [-0.2, -0.15) is 0 Å². The standard InChI is InChI=1S/C9H18O2.C8H14O3.C7H14O2/c1-8(5-10-2)6-11-7-9-3-4-9;1-3-4-7(9)5-6-8(10)11-2;1-3-4-5-6-7(8)9-2/h8-9H,3-7H2,1-2H3;3-6H2,1-2H3;3-6H2,1-2H3. The summed E-state index contributed by atoms with van der Waals surface area (Å²) in [4.78, 5) is 31.9. The van der Waals surface area contributed by atoms with E-state index in [4.69, 9.17) is 9.47 Å². The van der Waals surface area contributed by atoms with E-state index in [1.807, 2.05) is 6.92 Å². The van der Waals surface area contributed by atoms with Gasteiger partial charge in [0.15, 0.2) is 0 Å². The molecule has 1 atom stereocenters. The number of rotatable bonds is 15. The first kappa shape index (κ1) is 31.7. The molecule has 184 valence electrons. The smallest absolute Gasteiger partial charge is 0.305 e. The van der Waals surface area contributed by atoms with Gasteiger partial charge in [0, 0.05) is 38.9 Å². The lowest BCUT2D eigenvalue weighted by Crippen LogP contribution is -2.12. The highest BCUT2D eigenvalue weighted by atomic mass is 16.5. The topological polar surface area (TPSA) is 88.1 Å². The quantitative estimate of drug-likeness (QED) is 0.265. The van der Waals surface area contributed by atoms with Gasteiger partial charge in [0.25, 0.3) is 0 Å². The molecule has 31 heavy (non-hydrogen) atoms. The SMILES string of the molecule is CCCC(=O)CCC(=O)OC.CCCCCC(=O)OC.COCC(C)COCC1CC1. The minimum atomic E-state index is -0.311. The maximum Gasteiger partial charge on any atom is 0.305 e. The Morgan fingerprint density at radius 2 is 1.42 bits per heavy atom. The Morgan fingerprint density at radius 1 is 0.806 bits per heavy atom. The molecule has 0 aliphatic heterocycles.